The van der Waals surface area contributed by atoms with E-state index >= 15 is 0 Å². The van der Waals surface area contributed by atoms with Crippen LogP contribution in [0.25, 0.3) is 10.8 Å². The molecule has 3 aromatic carbocycles. The fourth-order valence-electron chi connectivity index (χ4n) is 4.59. The number of fused-ring (bicyclic) bond motifs is 3. The van der Waals surface area contributed by atoms with Crippen LogP contribution in [-0.2, 0) is 6.42 Å². The number of anilines is 2. The Balaban J connectivity index is 2.04. The molecule has 0 radical (unpaired) electrons. The van der Waals surface area contributed by atoms with E-state index in [-0.39, 0.29) is 30.6 Å². The van der Waals surface area contributed by atoms with Gasteiger partial charge in [0.05, 0.1) is 22.8 Å². The van der Waals surface area contributed by atoms with Crippen LogP contribution in [0.2, 0.25) is 0 Å². The van der Waals surface area contributed by atoms with Crippen LogP contribution in [0, 0.1) is 0 Å². The summed E-state index contributed by atoms with van der Waals surface area (Å²) in [5.41, 5.74) is -3.23. The molecule has 1 aliphatic rings. The lowest BCUT2D eigenvalue weighted by Gasteiger charge is -2.35. The maximum Gasteiger partial charge on any atom is 0.454 e. The first kappa shape index (κ1) is 29.6. The quantitative estimate of drug-likeness (QED) is 0.234. The van der Waals surface area contributed by atoms with E-state index in [1.165, 1.54) is 11.9 Å². The summed E-state index contributed by atoms with van der Waals surface area (Å²) in [5.74, 6) is -5.44. The van der Waals surface area contributed by atoms with Crippen LogP contribution in [0.4, 0.5) is 50.9 Å². The zero-order valence-corrected chi connectivity index (χ0v) is 21.2. The highest BCUT2D eigenvalue weighted by Gasteiger charge is 2.48. The lowest BCUT2D eigenvalue weighted by molar-refractivity contribution is -0.129. The summed E-state index contributed by atoms with van der Waals surface area (Å²) in [7, 11) is 1.29. The first-order chi connectivity index (χ1) is 18.5. The Kier molecular flexibility index (Phi) is 7.78. The van der Waals surface area contributed by atoms with Crippen LogP contribution in [0.15, 0.2) is 48.5 Å². The molecular formula is C26H19F9N2O2S. The molecule has 1 unspecified atom stereocenters. The molecule has 4 rings (SSSR count). The molecule has 40 heavy (non-hydrogen) atoms. The number of hydrogen-bond acceptors (Lipinski definition) is 5. The van der Waals surface area contributed by atoms with E-state index in [1.807, 2.05) is 0 Å². The van der Waals surface area contributed by atoms with Crippen molar-refractivity contribution in [2.45, 2.75) is 30.2 Å². The number of ketones is 2. The van der Waals surface area contributed by atoms with Crippen LogP contribution in [0.3, 0.4) is 0 Å². The van der Waals surface area contributed by atoms with Crippen molar-refractivity contribution in [2.24, 2.45) is 0 Å². The van der Waals surface area contributed by atoms with Crippen molar-refractivity contribution in [1.29, 1.82) is 0 Å². The number of halogens is 9. The smallest absolute Gasteiger partial charge is 0.384 e. The summed E-state index contributed by atoms with van der Waals surface area (Å²) in [4.78, 5) is 26.1. The molecule has 0 spiro atoms. The molecule has 214 valence electrons. The molecule has 3 aromatic rings. The Labute approximate surface area is 225 Å². The summed E-state index contributed by atoms with van der Waals surface area (Å²) in [6.45, 7) is -0.0855. The van der Waals surface area contributed by atoms with E-state index in [9.17, 15) is 49.1 Å². The van der Waals surface area contributed by atoms with Crippen molar-refractivity contribution in [3.8, 4) is 0 Å². The van der Waals surface area contributed by atoms with E-state index in [0.29, 0.717) is 11.8 Å². The number of alkyl halides is 9. The molecule has 0 aromatic heterocycles. The highest BCUT2D eigenvalue weighted by molar-refractivity contribution is 7.99. The molecule has 0 saturated heterocycles. The zero-order chi connectivity index (χ0) is 29.6. The Morgan fingerprint density at radius 3 is 2.08 bits per heavy atom. The molecule has 0 bridgehead atoms. The second-order valence-electron chi connectivity index (χ2n) is 9.00. The standard InChI is InChI=1S/C26H19F9N2O2S/c1-37-12-40-23(26(33,34)35)15-8-7-14-18(20(15)37)16(21(38)24(27,28)29)11-17(22(39)25(30,31)32)19(14)36-10-9-13-5-3-2-4-6-13/h2-8,11,23,36H,9-10,12H2,1H3. The largest absolute Gasteiger partial charge is 0.454 e. The second-order valence-corrected chi connectivity index (χ2v) is 10.1. The average molecular weight is 594 g/mol. The third kappa shape index (κ3) is 5.72. The third-order valence-corrected chi connectivity index (χ3v) is 7.66. The van der Waals surface area contributed by atoms with Crippen LogP contribution in [-0.4, -0.2) is 49.6 Å². The van der Waals surface area contributed by atoms with Gasteiger partial charge in [-0.15, -0.1) is 11.8 Å². The van der Waals surface area contributed by atoms with E-state index in [0.717, 1.165) is 17.7 Å². The molecule has 1 N–H and O–H groups in total. The monoisotopic (exact) mass is 594 g/mol. The molecule has 1 heterocycles. The fraction of sp³-hybridized carbons (Fsp3) is 0.308. The number of hydrogen-bond donors (Lipinski definition) is 1. The second kappa shape index (κ2) is 10.5. The zero-order valence-electron chi connectivity index (χ0n) is 20.4. The average Bonchev–Trinajstić information content (AvgIpc) is 2.86. The molecule has 1 aliphatic heterocycles. The number of carbonyl (C=O) groups excluding carboxylic acids is 2. The number of thioether (sulfide) groups is 1. The van der Waals surface area contributed by atoms with Crippen molar-refractivity contribution < 1.29 is 49.1 Å². The molecular weight excluding hydrogens is 575 g/mol. The Morgan fingerprint density at radius 1 is 0.900 bits per heavy atom. The summed E-state index contributed by atoms with van der Waals surface area (Å²) in [6, 6.07) is 10.6. The fourth-order valence-corrected chi connectivity index (χ4v) is 5.65. The van der Waals surface area contributed by atoms with Crippen molar-refractivity contribution in [3.63, 3.8) is 0 Å². The van der Waals surface area contributed by atoms with Crippen LogP contribution >= 0.6 is 11.8 Å². The minimum absolute atomic E-state index is 0.0855. The minimum Gasteiger partial charge on any atom is -0.384 e. The maximum absolute atomic E-state index is 13.8. The maximum atomic E-state index is 13.8. The Bertz CT molecular complexity index is 1450. The summed E-state index contributed by atoms with van der Waals surface area (Å²) >= 11 is 0.452. The lowest BCUT2D eigenvalue weighted by Crippen LogP contribution is -2.31. The van der Waals surface area contributed by atoms with Gasteiger partial charge in [0.1, 0.15) is 5.25 Å². The molecule has 0 saturated carbocycles. The van der Waals surface area contributed by atoms with Gasteiger partial charge in [0.2, 0.25) is 0 Å². The van der Waals surface area contributed by atoms with Crippen LogP contribution < -0.4 is 10.2 Å². The van der Waals surface area contributed by atoms with Gasteiger partial charge in [-0.05, 0) is 23.6 Å². The predicted molar refractivity (Wildman–Crippen MR) is 133 cm³/mol. The summed E-state index contributed by atoms with van der Waals surface area (Å²) < 4.78 is 123. The predicted octanol–water partition coefficient (Wildman–Crippen LogP) is 7.73. The molecule has 0 amide bonds. The SMILES string of the molecule is CN1CSC(C(F)(F)F)c2ccc3c(NCCc4ccccc4)c(C(=O)C(F)(F)F)cc(C(=O)C(F)(F)F)c3c21. The van der Waals surface area contributed by atoms with Gasteiger partial charge in [-0.1, -0.05) is 42.5 Å². The number of nitrogens with zero attached hydrogens (tertiary/aromatic N) is 1. The van der Waals surface area contributed by atoms with E-state index < -0.39 is 68.5 Å². The first-order valence-electron chi connectivity index (χ1n) is 11.6. The van der Waals surface area contributed by atoms with Gasteiger partial charge < -0.3 is 10.2 Å². The normalized spacial score (nSPS) is 16.1. The number of nitrogens with one attached hydrogen (secondary N) is 1. The van der Waals surface area contributed by atoms with Crippen molar-refractivity contribution >= 4 is 45.5 Å². The van der Waals surface area contributed by atoms with Gasteiger partial charge >= 0.3 is 18.5 Å². The van der Waals surface area contributed by atoms with Gasteiger partial charge in [-0.25, -0.2) is 0 Å². The van der Waals surface area contributed by atoms with Crippen LogP contribution in [0.5, 0.6) is 0 Å². The van der Waals surface area contributed by atoms with E-state index in [4.69, 9.17) is 0 Å². The molecule has 0 fully saturated rings. The molecule has 4 nitrogen and oxygen atoms in total. The lowest BCUT2D eigenvalue weighted by atomic mass is 9.89. The topological polar surface area (TPSA) is 49.4 Å². The number of Topliss-reactive ketones (excluding diaryl/α,β-unsaturated/α-hetero) is 2. The van der Waals surface area contributed by atoms with E-state index in [2.05, 4.69) is 5.32 Å². The van der Waals surface area contributed by atoms with E-state index in [1.54, 1.807) is 30.3 Å². The van der Waals surface area contributed by atoms with Gasteiger partial charge in [-0.3, -0.25) is 9.59 Å². The number of benzene rings is 3. The summed E-state index contributed by atoms with van der Waals surface area (Å²) in [6.07, 6.45) is -15.7. The van der Waals surface area contributed by atoms with Gasteiger partial charge in [0.15, 0.2) is 0 Å². The first-order valence-corrected chi connectivity index (χ1v) is 12.6. The highest BCUT2D eigenvalue weighted by Crippen LogP contribution is 2.53. The number of rotatable bonds is 6. The minimum atomic E-state index is -5.60. The summed E-state index contributed by atoms with van der Waals surface area (Å²) in [5, 5.41) is -0.547. The van der Waals surface area contributed by atoms with Gasteiger partial charge in [-0.2, -0.15) is 39.5 Å². The van der Waals surface area contributed by atoms with Gasteiger partial charge in [0, 0.05) is 29.9 Å². The van der Waals surface area contributed by atoms with Crippen molar-refractivity contribution in [2.75, 3.05) is 29.7 Å². The van der Waals surface area contributed by atoms with Crippen molar-refractivity contribution in [1.82, 2.24) is 0 Å². The van der Waals surface area contributed by atoms with Crippen molar-refractivity contribution in [3.05, 3.63) is 70.8 Å². The molecule has 0 aliphatic carbocycles. The van der Waals surface area contributed by atoms with Crippen LogP contribution in [0.1, 0.15) is 37.1 Å². The third-order valence-electron chi connectivity index (χ3n) is 6.26. The Hall–Kier alpha value is -3.42. The molecule has 14 heteroatoms. The highest BCUT2D eigenvalue weighted by atomic mass is 32.2. The van der Waals surface area contributed by atoms with Gasteiger partial charge in [0.25, 0.3) is 11.6 Å². The molecule has 1 atom stereocenters. The number of carbonyl (C=O) groups is 2. The Morgan fingerprint density at radius 2 is 1.50 bits per heavy atom.